The maximum atomic E-state index is 14.6. The average Bonchev–Trinajstić information content (AvgIpc) is 3.55. The molecule has 1 aliphatic carbocycles. The lowest BCUT2D eigenvalue weighted by Gasteiger charge is -2.40. The van der Waals surface area contributed by atoms with Crippen molar-refractivity contribution in [1.82, 2.24) is 10.6 Å². The van der Waals surface area contributed by atoms with Crippen LogP contribution in [0.25, 0.3) is 11.1 Å². The fraction of sp³-hybridized carbons (Fsp3) is 0.312. The molecule has 0 saturated carbocycles. The van der Waals surface area contributed by atoms with E-state index in [2.05, 4.69) is 105 Å². The number of nitrogens with one attached hydrogen (secondary N) is 2. The van der Waals surface area contributed by atoms with Gasteiger partial charge in [-0.05, 0) is 64.0 Å². The normalized spacial score (nSPS) is 14.3. The molecule has 2 amide bonds. The van der Waals surface area contributed by atoms with Crippen LogP contribution in [0.2, 0.25) is 18.1 Å². The van der Waals surface area contributed by atoms with E-state index in [0.717, 1.165) is 38.9 Å². The Labute approximate surface area is 348 Å². The largest absolute Gasteiger partial charge is 0.467 e. The molecule has 0 bridgehead atoms. The Kier molecular flexibility index (Phi) is 13.3. The van der Waals surface area contributed by atoms with Crippen LogP contribution in [0.3, 0.4) is 0 Å². The number of methoxy groups -OCH3 is 1. The molecule has 10 heteroatoms. The first-order valence-electron chi connectivity index (χ1n) is 19.7. The molecule has 302 valence electrons. The van der Waals surface area contributed by atoms with Gasteiger partial charge in [-0.2, -0.15) is 0 Å². The van der Waals surface area contributed by atoms with E-state index >= 15 is 0 Å². The van der Waals surface area contributed by atoms with Crippen molar-refractivity contribution in [1.29, 1.82) is 0 Å². The van der Waals surface area contributed by atoms with E-state index in [1.165, 1.54) is 18.9 Å². The predicted octanol–water partition coefficient (Wildman–Crippen LogP) is 9.69. The lowest BCUT2D eigenvalue weighted by molar-refractivity contribution is -0.147. The lowest BCUT2D eigenvalue weighted by atomic mass is 9.84. The summed E-state index contributed by atoms with van der Waals surface area (Å²) in [7, 11) is -1.09. The lowest BCUT2D eigenvalue weighted by Crippen LogP contribution is -2.58. The van der Waals surface area contributed by atoms with Gasteiger partial charge < -0.3 is 24.5 Å². The number of fused-ring (bicyclic) bond motifs is 3. The van der Waals surface area contributed by atoms with Gasteiger partial charge in [-0.1, -0.05) is 160 Å². The van der Waals surface area contributed by atoms with Crippen LogP contribution in [0.4, 0.5) is 4.79 Å². The van der Waals surface area contributed by atoms with Gasteiger partial charge in [0.1, 0.15) is 12.6 Å². The van der Waals surface area contributed by atoms with Crippen LogP contribution < -0.4 is 10.6 Å². The van der Waals surface area contributed by atoms with Crippen LogP contribution in [0.1, 0.15) is 61.4 Å². The van der Waals surface area contributed by atoms with Crippen molar-refractivity contribution in [2.75, 3.05) is 19.5 Å². The van der Waals surface area contributed by atoms with Crippen LogP contribution in [-0.4, -0.2) is 63.9 Å². The minimum absolute atomic E-state index is 0.0749. The Morgan fingerprint density at radius 2 is 1.14 bits per heavy atom. The quantitative estimate of drug-likeness (QED) is 0.0617. The second-order valence-corrected chi connectivity index (χ2v) is 22.2. The van der Waals surface area contributed by atoms with Gasteiger partial charge in [-0.3, -0.25) is 4.79 Å². The molecule has 58 heavy (non-hydrogen) atoms. The molecular formula is C48H54N2O6SSi. The van der Waals surface area contributed by atoms with Gasteiger partial charge in [0.25, 0.3) is 0 Å². The van der Waals surface area contributed by atoms with Gasteiger partial charge in [-0.15, -0.1) is 11.8 Å². The summed E-state index contributed by atoms with van der Waals surface area (Å²) in [5, 5.41) is 5.69. The number of amides is 2. The Balaban J connectivity index is 1.33. The van der Waals surface area contributed by atoms with Crippen LogP contribution in [0, 0.1) is 0 Å². The number of benzene rings is 5. The standard InChI is InChI=1S/C48H54N2O6SSi/c1-33(56-58(6,7)47(2,3)4)43(45(52)54-5)50-44(51)42(49-46(53)55-31-41-39-29-19-17-27-37(39)38-28-18-20-30-40(38)41)32-57-48(34-21-11-8-12-22-34,35-23-13-9-14-24-35)36-25-15-10-16-26-36/h8-30,33,41-43H,31-32H2,1-7H3,(H,49,53)(H,50,51)/t33-,42-,43+/m1/s1. The summed E-state index contributed by atoms with van der Waals surface area (Å²) in [6, 6.07) is 44.4. The molecular weight excluding hydrogens is 761 g/mol. The fourth-order valence-corrected chi connectivity index (χ4v) is 10.4. The number of hydrogen-bond acceptors (Lipinski definition) is 7. The summed E-state index contributed by atoms with van der Waals surface area (Å²) in [6.45, 7) is 12.4. The summed E-state index contributed by atoms with van der Waals surface area (Å²) >= 11 is 1.52. The highest BCUT2D eigenvalue weighted by Crippen LogP contribution is 2.49. The van der Waals surface area contributed by atoms with Crippen LogP contribution in [0.5, 0.6) is 0 Å². The fourth-order valence-electron chi connectivity index (χ4n) is 7.40. The molecule has 0 radical (unpaired) electrons. The molecule has 5 aromatic rings. The van der Waals surface area contributed by atoms with Crippen molar-refractivity contribution in [3.05, 3.63) is 167 Å². The van der Waals surface area contributed by atoms with E-state index in [1.807, 2.05) is 78.9 Å². The number of hydrogen-bond donors (Lipinski definition) is 2. The first-order valence-corrected chi connectivity index (χ1v) is 23.6. The first kappa shape index (κ1) is 42.4. The molecule has 0 unspecified atom stereocenters. The van der Waals surface area contributed by atoms with E-state index in [0.29, 0.717) is 0 Å². The van der Waals surface area contributed by atoms with Crippen molar-refractivity contribution in [2.24, 2.45) is 0 Å². The number of carbonyl (C=O) groups is 3. The van der Waals surface area contributed by atoms with E-state index in [1.54, 1.807) is 6.92 Å². The SMILES string of the molecule is COC(=O)[C@@H](NC(=O)[C@@H](CSC(c1ccccc1)(c1ccccc1)c1ccccc1)NC(=O)OCC1c2ccccc2-c2ccccc21)[C@@H](C)O[Si](C)(C)C(C)(C)C. The summed E-state index contributed by atoms with van der Waals surface area (Å²) in [5.41, 5.74) is 7.39. The van der Waals surface area contributed by atoms with Gasteiger partial charge in [0.05, 0.1) is 18.0 Å². The monoisotopic (exact) mass is 814 g/mol. The summed E-state index contributed by atoms with van der Waals surface area (Å²) in [4.78, 5) is 42.0. The average molecular weight is 815 g/mol. The highest BCUT2D eigenvalue weighted by molar-refractivity contribution is 8.00. The van der Waals surface area contributed by atoms with Crippen molar-refractivity contribution in [2.45, 2.75) is 74.7 Å². The number of esters is 1. The molecule has 0 aliphatic heterocycles. The molecule has 0 aromatic heterocycles. The van der Waals surface area contributed by atoms with Crippen LogP contribution in [-0.2, 0) is 28.2 Å². The second kappa shape index (κ2) is 18.2. The summed E-state index contributed by atoms with van der Waals surface area (Å²) < 4.78 is 17.0. The van der Waals surface area contributed by atoms with E-state index in [9.17, 15) is 14.4 Å². The van der Waals surface area contributed by atoms with E-state index in [-0.39, 0.29) is 23.3 Å². The minimum atomic E-state index is -2.37. The maximum Gasteiger partial charge on any atom is 0.407 e. The second-order valence-electron chi connectivity index (χ2n) is 16.2. The van der Waals surface area contributed by atoms with Gasteiger partial charge in [-0.25, -0.2) is 9.59 Å². The van der Waals surface area contributed by atoms with E-state index < -0.39 is 49.2 Å². The van der Waals surface area contributed by atoms with Gasteiger partial charge >= 0.3 is 12.1 Å². The van der Waals surface area contributed by atoms with Crippen molar-refractivity contribution in [3.8, 4) is 11.1 Å². The van der Waals surface area contributed by atoms with E-state index in [4.69, 9.17) is 13.9 Å². The Bertz CT molecular complexity index is 2040. The third kappa shape index (κ3) is 9.09. The number of ether oxygens (including phenoxy) is 2. The molecule has 0 heterocycles. The molecule has 2 N–H and O–H groups in total. The predicted molar refractivity (Wildman–Crippen MR) is 235 cm³/mol. The van der Waals surface area contributed by atoms with Crippen molar-refractivity contribution in [3.63, 3.8) is 0 Å². The molecule has 8 nitrogen and oxygen atoms in total. The van der Waals surface area contributed by atoms with Gasteiger partial charge in [0.15, 0.2) is 14.4 Å². The van der Waals surface area contributed by atoms with Crippen LogP contribution in [0.15, 0.2) is 140 Å². The summed E-state index contributed by atoms with van der Waals surface area (Å²) in [5.74, 6) is -1.26. The molecule has 0 spiro atoms. The molecule has 3 atom stereocenters. The molecule has 0 saturated heterocycles. The highest BCUT2D eigenvalue weighted by Gasteiger charge is 2.43. The summed E-state index contributed by atoms with van der Waals surface area (Å²) in [6.07, 6.45) is -1.45. The number of carbonyl (C=O) groups excluding carboxylic acids is 3. The molecule has 1 aliphatic rings. The highest BCUT2D eigenvalue weighted by atomic mass is 32.2. The minimum Gasteiger partial charge on any atom is -0.467 e. The molecule has 5 aromatic carbocycles. The first-order chi connectivity index (χ1) is 27.8. The van der Waals surface area contributed by atoms with Crippen LogP contribution >= 0.6 is 11.8 Å². The Hall–Kier alpha value is -5.16. The zero-order chi connectivity index (χ0) is 41.5. The smallest absolute Gasteiger partial charge is 0.407 e. The van der Waals surface area contributed by atoms with Gasteiger partial charge in [0, 0.05) is 11.7 Å². The number of thioether (sulfide) groups is 1. The Morgan fingerprint density at radius 1 is 0.690 bits per heavy atom. The zero-order valence-corrected chi connectivity index (χ0v) is 36.2. The Morgan fingerprint density at radius 3 is 1.59 bits per heavy atom. The zero-order valence-electron chi connectivity index (χ0n) is 34.4. The molecule has 0 fully saturated rings. The maximum absolute atomic E-state index is 14.6. The number of rotatable bonds is 15. The topological polar surface area (TPSA) is 103 Å². The third-order valence-electron chi connectivity index (χ3n) is 11.5. The third-order valence-corrected chi connectivity index (χ3v) is 17.7. The van der Waals surface area contributed by atoms with Crippen molar-refractivity contribution >= 4 is 38.0 Å². The van der Waals surface area contributed by atoms with Gasteiger partial charge in [0.2, 0.25) is 5.91 Å². The molecule has 6 rings (SSSR count). The van der Waals surface area contributed by atoms with Crippen molar-refractivity contribution < 1.29 is 28.3 Å². The number of alkyl carbamates (subject to hydrolysis) is 1.